The Bertz CT molecular complexity index is 456. The quantitative estimate of drug-likeness (QED) is 0.872. The normalized spacial score (nSPS) is 14.0. The third-order valence-electron chi connectivity index (χ3n) is 2.38. The van der Waals surface area contributed by atoms with E-state index in [2.05, 4.69) is 30.9 Å². The summed E-state index contributed by atoms with van der Waals surface area (Å²) >= 11 is 1.57. The van der Waals surface area contributed by atoms with Crippen molar-refractivity contribution < 1.29 is 4.52 Å². The van der Waals surface area contributed by atoms with Crippen LogP contribution in [0.15, 0.2) is 22.0 Å². The van der Waals surface area contributed by atoms with Crippen LogP contribution in [0.5, 0.6) is 0 Å². The van der Waals surface area contributed by atoms with Gasteiger partial charge in [-0.1, -0.05) is 32.0 Å². The highest BCUT2D eigenvalue weighted by Crippen LogP contribution is 2.30. The monoisotopic (exact) mass is 237 g/mol. The molecular formula is C11H15N3OS. The SMILES string of the molecule is CC(C)(C)C(N)c1noc(-c2cccs2)n1. The summed E-state index contributed by atoms with van der Waals surface area (Å²) in [5.74, 6) is 1.11. The van der Waals surface area contributed by atoms with Gasteiger partial charge in [0.25, 0.3) is 5.89 Å². The van der Waals surface area contributed by atoms with Crippen LogP contribution in [0.4, 0.5) is 0 Å². The fourth-order valence-corrected chi connectivity index (χ4v) is 1.89. The van der Waals surface area contributed by atoms with Gasteiger partial charge in [0.1, 0.15) is 0 Å². The van der Waals surface area contributed by atoms with Gasteiger partial charge < -0.3 is 10.3 Å². The van der Waals surface area contributed by atoms with E-state index in [0.29, 0.717) is 11.7 Å². The maximum absolute atomic E-state index is 6.06. The lowest BCUT2D eigenvalue weighted by atomic mass is 9.87. The summed E-state index contributed by atoms with van der Waals surface area (Å²) in [6.07, 6.45) is 0. The molecule has 2 heterocycles. The van der Waals surface area contributed by atoms with Gasteiger partial charge in [-0.25, -0.2) is 0 Å². The Morgan fingerprint density at radius 2 is 2.19 bits per heavy atom. The second-order valence-corrected chi connectivity index (χ2v) is 5.73. The molecule has 0 aliphatic heterocycles. The zero-order valence-corrected chi connectivity index (χ0v) is 10.4. The molecule has 1 unspecified atom stereocenters. The Morgan fingerprint density at radius 3 is 2.75 bits per heavy atom. The summed E-state index contributed by atoms with van der Waals surface area (Å²) in [6.45, 7) is 6.16. The van der Waals surface area contributed by atoms with Crippen LogP contribution in [0.2, 0.25) is 0 Å². The summed E-state index contributed by atoms with van der Waals surface area (Å²) in [6, 6.07) is 3.68. The molecule has 0 amide bonds. The van der Waals surface area contributed by atoms with Gasteiger partial charge in [-0.15, -0.1) is 11.3 Å². The molecule has 0 saturated carbocycles. The lowest BCUT2D eigenvalue weighted by molar-refractivity contribution is 0.303. The Hall–Kier alpha value is -1.20. The molecule has 0 spiro atoms. The first-order valence-electron chi connectivity index (χ1n) is 5.11. The fraction of sp³-hybridized carbons (Fsp3) is 0.455. The predicted octanol–water partition coefficient (Wildman–Crippen LogP) is 2.84. The molecule has 2 aromatic heterocycles. The van der Waals surface area contributed by atoms with E-state index in [1.165, 1.54) is 0 Å². The smallest absolute Gasteiger partial charge is 0.268 e. The highest BCUT2D eigenvalue weighted by Gasteiger charge is 2.27. The number of hydrogen-bond donors (Lipinski definition) is 1. The second kappa shape index (κ2) is 3.99. The summed E-state index contributed by atoms with van der Waals surface area (Å²) < 4.78 is 5.19. The van der Waals surface area contributed by atoms with Gasteiger partial charge in [-0.05, 0) is 16.9 Å². The van der Waals surface area contributed by atoms with E-state index in [0.717, 1.165) is 4.88 Å². The van der Waals surface area contributed by atoms with Crippen molar-refractivity contribution in [2.45, 2.75) is 26.8 Å². The molecule has 0 fully saturated rings. The Labute approximate surface area is 98.5 Å². The number of nitrogens with two attached hydrogens (primary N) is 1. The van der Waals surface area contributed by atoms with Crippen molar-refractivity contribution in [1.82, 2.24) is 10.1 Å². The molecule has 2 rings (SSSR count). The molecule has 86 valence electrons. The standard InChI is InChI=1S/C11H15N3OS/c1-11(2,3)8(12)9-13-10(15-14-9)7-5-4-6-16-7/h4-6,8H,12H2,1-3H3. The van der Waals surface area contributed by atoms with Gasteiger partial charge in [0.05, 0.1) is 10.9 Å². The van der Waals surface area contributed by atoms with Gasteiger partial charge in [0, 0.05) is 0 Å². The van der Waals surface area contributed by atoms with Crippen LogP contribution in [0.25, 0.3) is 10.8 Å². The first kappa shape index (κ1) is 11.3. The number of rotatable bonds is 2. The zero-order chi connectivity index (χ0) is 11.8. The molecule has 0 aliphatic rings. The van der Waals surface area contributed by atoms with Crippen LogP contribution in [-0.4, -0.2) is 10.1 Å². The minimum atomic E-state index is -0.218. The Balaban J connectivity index is 2.27. The molecular weight excluding hydrogens is 222 g/mol. The van der Waals surface area contributed by atoms with E-state index in [1.807, 2.05) is 17.5 Å². The summed E-state index contributed by atoms with van der Waals surface area (Å²) in [5.41, 5.74) is 5.98. The largest absolute Gasteiger partial charge is 0.333 e. The molecule has 0 aliphatic carbocycles. The number of aromatic nitrogens is 2. The topological polar surface area (TPSA) is 64.9 Å². The summed E-state index contributed by atoms with van der Waals surface area (Å²) in [4.78, 5) is 5.30. The second-order valence-electron chi connectivity index (χ2n) is 4.78. The fourth-order valence-electron chi connectivity index (χ4n) is 1.25. The van der Waals surface area contributed by atoms with Crippen LogP contribution >= 0.6 is 11.3 Å². The lowest BCUT2D eigenvalue weighted by Gasteiger charge is -2.23. The number of hydrogen-bond acceptors (Lipinski definition) is 5. The van der Waals surface area contributed by atoms with Crippen molar-refractivity contribution in [3.8, 4) is 10.8 Å². The Kier molecular flexibility index (Phi) is 2.82. The van der Waals surface area contributed by atoms with Crippen molar-refractivity contribution >= 4 is 11.3 Å². The van der Waals surface area contributed by atoms with Crippen molar-refractivity contribution in [2.75, 3.05) is 0 Å². The molecule has 2 N–H and O–H groups in total. The van der Waals surface area contributed by atoms with E-state index in [-0.39, 0.29) is 11.5 Å². The first-order valence-corrected chi connectivity index (χ1v) is 5.99. The van der Waals surface area contributed by atoms with E-state index in [1.54, 1.807) is 11.3 Å². The van der Waals surface area contributed by atoms with Crippen LogP contribution in [0.3, 0.4) is 0 Å². The molecule has 0 saturated heterocycles. The van der Waals surface area contributed by atoms with Crippen LogP contribution in [-0.2, 0) is 0 Å². The van der Waals surface area contributed by atoms with Crippen LogP contribution < -0.4 is 5.73 Å². The van der Waals surface area contributed by atoms with Crippen molar-refractivity contribution in [3.05, 3.63) is 23.3 Å². The highest BCUT2D eigenvalue weighted by atomic mass is 32.1. The van der Waals surface area contributed by atoms with Crippen molar-refractivity contribution in [1.29, 1.82) is 0 Å². The maximum atomic E-state index is 6.06. The lowest BCUT2D eigenvalue weighted by Crippen LogP contribution is -2.27. The van der Waals surface area contributed by atoms with E-state index in [4.69, 9.17) is 10.3 Å². The number of nitrogens with zero attached hydrogens (tertiary/aromatic N) is 2. The molecule has 4 nitrogen and oxygen atoms in total. The molecule has 0 aromatic carbocycles. The van der Waals surface area contributed by atoms with Gasteiger partial charge in [0.15, 0.2) is 5.82 Å². The Morgan fingerprint density at radius 1 is 1.44 bits per heavy atom. The van der Waals surface area contributed by atoms with Gasteiger partial charge in [-0.3, -0.25) is 0 Å². The predicted molar refractivity (Wildman–Crippen MR) is 64.0 cm³/mol. The summed E-state index contributed by atoms with van der Waals surface area (Å²) in [5, 5.41) is 5.91. The van der Waals surface area contributed by atoms with E-state index >= 15 is 0 Å². The van der Waals surface area contributed by atoms with Crippen LogP contribution in [0, 0.1) is 5.41 Å². The molecule has 16 heavy (non-hydrogen) atoms. The van der Waals surface area contributed by atoms with Gasteiger partial charge >= 0.3 is 0 Å². The van der Waals surface area contributed by atoms with Crippen LogP contribution in [0.1, 0.15) is 32.6 Å². The van der Waals surface area contributed by atoms with E-state index in [9.17, 15) is 0 Å². The average molecular weight is 237 g/mol. The third-order valence-corrected chi connectivity index (χ3v) is 3.24. The number of thiophene rings is 1. The van der Waals surface area contributed by atoms with Crippen molar-refractivity contribution in [3.63, 3.8) is 0 Å². The molecule has 0 radical (unpaired) electrons. The molecule has 0 bridgehead atoms. The average Bonchev–Trinajstić information content (AvgIpc) is 2.85. The third kappa shape index (κ3) is 2.15. The van der Waals surface area contributed by atoms with Gasteiger partial charge in [-0.2, -0.15) is 4.98 Å². The van der Waals surface area contributed by atoms with Crippen molar-refractivity contribution in [2.24, 2.45) is 11.1 Å². The maximum Gasteiger partial charge on any atom is 0.268 e. The minimum Gasteiger partial charge on any atom is -0.333 e. The zero-order valence-electron chi connectivity index (χ0n) is 9.60. The minimum absolute atomic E-state index is 0.0728. The molecule has 2 aromatic rings. The van der Waals surface area contributed by atoms with Gasteiger partial charge in [0.2, 0.25) is 0 Å². The highest BCUT2D eigenvalue weighted by molar-refractivity contribution is 7.13. The first-order chi connectivity index (χ1) is 7.48. The van der Waals surface area contributed by atoms with E-state index < -0.39 is 0 Å². The summed E-state index contributed by atoms with van der Waals surface area (Å²) in [7, 11) is 0. The molecule has 5 heteroatoms. The molecule has 1 atom stereocenters.